The lowest BCUT2D eigenvalue weighted by molar-refractivity contribution is -0.385. The van der Waals surface area contributed by atoms with Crippen LogP contribution in [0.25, 0.3) is 6.08 Å². The lowest BCUT2D eigenvalue weighted by atomic mass is 10.1. The summed E-state index contributed by atoms with van der Waals surface area (Å²) in [6.07, 6.45) is 5.19. The van der Waals surface area contributed by atoms with Crippen molar-refractivity contribution in [2.45, 2.75) is 11.3 Å². The van der Waals surface area contributed by atoms with Gasteiger partial charge in [0.2, 0.25) is 0 Å². The highest BCUT2D eigenvalue weighted by Crippen LogP contribution is 2.24. The smallest absolute Gasteiger partial charge is 0.277 e. The molecule has 1 N–H and O–H groups in total. The van der Waals surface area contributed by atoms with E-state index in [0.29, 0.717) is 5.56 Å². The maximum atomic E-state index is 11.4. The quantitative estimate of drug-likeness (QED) is 0.487. The lowest BCUT2D eigenvalue weighted by Crippen LogP contribution is -2.05. The summed E-state index contributed by atoms with van der Waals surface area (Å²) in [5.41, 5.74) is 0.192. The fraction of sp³-hybridized carbons (Fsp3) is 0.333. The van der Waals surface area contributed by atoms with E-state index in [9.17, 15) is 18.5 Å². The molecule has 1 aromatic rings. The van der Waals surface area contributed by atoms with E-state index < -0.39 is 14.8 Å². The maximum absolute atomic E-state index is 11.4. The van der Waals surface area contributed by atoms with Gasteiger partial charge >= 0.3 is 0 Å². The van der Waals surface area contributed by atoms with Gasteiger partial charge in [0, 0.05) is 12.3 Å². The Morgan fingerprint density at radius 1 is 1.42 bits per heavy atom. The number of nitro groups is 1. The van der Waals surface area contributed by atoms with E-state index in [2.05, 4.69) is 5.32 Å². The fourth-order valence-corrected chi connectivity index (χ4v) is 2.13. The highest BCUT2D eigenvalue weighted by atomic mass is 32.2. The normalized spacial score (nSPS) is 11.9. The molecule has 0 saturated carbocycles. The third-order valence-corrected chi connectivity index (χ3v) is 3.60. The standard InChI is InChI=1S/C12H16N2O4S/c1-13-8-4-3-5-10-6-7-11(19(2,17)18)9-12(10)14(15)16/h3,5-7,9,13H,4,8H2,1-2H3. The molecule has 1 rings (SSSR count). The first-order chi connectivity index (χ1) is 8.86. The Balaban J connectivity index is 3.13. The zero-order chi connectivity index (χ0) is 14.5. The van der Waals surface area contributed by atoms with E-state index in [1.54, 1.807) is 12.2 Å². The number of sulfone groups is 1. The monoisotopic (exact) mass is 284 g/mol. The average Bonchev–Trinajstić information content (AvgIpc) is 2.33. The van der Waals surface area contributed by atoms with Gasteiger partial charge in [0.15, 0.2) is 9.84 Å². The molecule has 0 aliphatic carbocycles. The summed E-state index contributed by atoms with van der Waals surface area (Å²) in [5, 5.41) is 13.9. The number of hydrogen-bond acceptors (Lipinski definition) is 5. The molecule has 0 fully saturated rings. The van der Waals surface area contributed by atoms with E-state index in [0.717, 1.165) is 25.3 Å². The maximum Gasteiger partial charge on any atom is 0.277 e. The second-order valence-corrected chi connectivity index (χ2v) is 6.06. The van der Waals surface area contributed by atoms with Crippen LogP contribution in [0.1, 0.15) is 12.0 Å². The average molecular weight is 284 g/mol. The second-order valence-electron chi connectivity index (χ2n) is 4.04. The minimum atomic E-state index is -3.44. The van der Waals surface area contributed by atoms with Crippen LogP contribution < -0.4 is 5.32 Å². The van der Waals surface area contributed by atoms with Crippen LogP contribution in [0.15, 0.2) is 29.2 Å². The Labute approximate surface area is 112 Å². The minimum absolute atomic E-state index is 0.0495. The zero-order valence-corrected chi connectivity index (χ0v) is 11.6. The van der Waals surface area contributed by atoms with Crippen molar-refractivity contribution in [3.05, 3.63) is 40.0 Å². The van der Waals surface area contributed by atoms with E-state index in [4.69, 9.17) is 0 Å². The van der Waals surface area contributed by atoms with Crippen molar-refractivity contribution in [3.8, 4) is 0 Å². The van der Waals surface area contributed by atoms with Crippen molar-refractivity contribution in [3.63, 3.8) is 0 Å². The first-order valence-corrected chi connectivity index (χ1v) is 7.55. The molecular formula is C12H16N2O4S. The summed E-state index contributed by atoms with van der Waals surface area (Å²) < 4.78 is 22.7. The van der Waals surface area contributed by atoms with Gasteiger partial charge < -0.3 is 5.32 Å². The van der Waals surface area contributed by atoms with Crippen LogP contribution in [0.3, 0.4) is 0 Å². The van der Waals surface area contributed by atoms with Gasteiger partial charge in [-0.3, -0.25) is 10.1 Å². The lowest BCUT2D eigenvalue weighted by Gasteiger charge is -2.01. The van der Waals surface area contributed by atoms with Crippen molar-refractivity contribution >= 4 is 21.6 Å². The molecule has 0 radical (unpaired) electrons. The van der Waals surface area contributed by atoms with E-state index in [-0.39, 0.29) is 10.6 Å². The Bertz CT molecular complexity index is 594. The number of benzene rings is 1. The van der Waals surface area contributed by atoms with E-state index >= 15 is 0 Å². The van der Waals surface area contributed by atoms with Gasteiger partial charge in [-0.15, -0.1) is 0 Å². The number of hydrogen-bond donors (Lipinski definition) is 1. The number of rotatable bonds is 6. The van der Waals surface area contributed by atoms with Crippen LogP contribution in [-0.4, -0.2) is 33.2 Å². The van der Waals surface area contributed by atoms with Crippen molar-refractivity contribution in [2.24, 2.45) is 0 Å². The molecule has 0 atom stereocenters. The van der Waals surface area contributed by atoms with Gasteiger partial charge in [-0.25, -0.2) is 8.42 Å². The van der Waals surface area contributed by atoms with Gasteiger partial charge in [-0.05, 0) is 32.1 Å². The van der Waals surface area contributed by atoms with Gasteiger partial charge in [-0.1, -0.05) is 12.2 Å². The van der Waals surface area contributed by atoms with Gasteiger partial charge in [0.05, 0.1) is 15.4 Å². The first-order valence-electron chi connectivity index (χ1n) is 5.66. The molecule has 0 aromatic heterocycles. The molecular weight excluding hydrogens is 268 g/mol. The highest BCUT2D eigenvalue weighted by Gasteiger charge is 2.16. The molecule has 1 aromatic carbocycles. The topological polar surface area (TPSA) is 89.3 Å². The molecule has 0 aliphatic heterocycles. The summed E-state index contributed by atoms with van der Waals surface area (Å²) in [7, 11) is -1.63. The summed E-state index contributed by atoms with van der Waals surface area (Å²) in [5.74, 6) is 0. The summed E-state index contributed by atoms with van der Waals surface area (Å²) in [4.78, 5) is 10.3. The molecule has 104 valence electrons. The van der Waals surface area contributed by atoms with E-state index in [1.807, 2.05) is 7.05 Å². The van der Waals surface area contributed by atoms with Crippen LogP contribution in [0, 0.1) is 10.1 Å². The van der Waals surface area contributed by atoms with Crippen molar-refractivity contribution < 1.29 is 13.3 Å². The molecule has 0 unspecified atom stereocenters. The van der Waals surface area contributed by atoms with Crippen LogP contribution in [0.4, 0.5) is 5.69 Å². The minimum Gasteiger partial charge on any atom is -0.319 e. The van der Waals surface area contributed by atoms with Crippen molar-refractivity contribution in [2.75, 3.05) is 19.8 Å². The third kappa shape index (κ3) is 4.46. The van der Waals surface area contributed by atoms with Gasteiger partial charge in [0.1, 0.15) is 0 Å². The van der Waals surface area contributed by atoms with Crippen molar-refractivity contribution in [1.82, 2.24) is 5.32 Å². The summed E-state index contributed by atoms with van der Waals surface area (Å²) >= 11 is 0. The second kappa shape index (κ2) is 6.44. The first kappa shape index (κ1) is 15.3. The number of nitrogens with zero attached hydrogens (tertiary/aromatic N) is 1. The highest BCUT2D eigenvalue weighted by molar-refractivity contribution is 7.90. The predicted octanol–water partition coefficient (Wildman–Crippen LogP) is 1.62. The third-order valence-electron chi connectivity index (χ3n) is 2.49. The zero-order valence-electron chi connectivity index (χ0n) is 10.8. The molecule has 6 nitrogen and oxygen atoms in total. The molecule has 0 heterocycles. The molecule has 19 heavy (non-hydrogen) atoms. The number of nitro benzene ring substituents is 1. The Morgan fingerprint density at radius 3 is 2.63 bits per heavy atom. The molecule has 0 saturated heterocycles. The summed E-state index contributed by atoms with van der Waals surface area (Å²) in [6.45, 7) is 0.770. The van der Waals surface area contributed by atoms with Crippen LogP contribution in [0.2, 0.25) is 0 Å². The van der Waals surface area contributed by atoms with Crippen LogP contribution in [0.5, 0.6) is 0 Å². The molecule has 0 bridgehead atoms. The largest absolute Gasteiger partial charge is 0.319 e. The fourth-order valence-electron chi connectivity index (χ4n) is 1.49. The molecule has 0 spiro atoms. The summed E-state index contributed by atoms with van der Waals surface area (Å²) in [6, 6.07) is 3.91. The molecule has 7 heteroatoms. The Kier molecular flexibility index (Phi) is 5.20. The Hall–Kier alpha value is -1.73. The predicted molar refractivity (Wildman–Crippen MR) is 73.8 cm³/mol. The molecule has 0 amide bonds. The Morgan fingerprint density at radius 2 is 2.11 bits per heavy atom. The van der Waals surface area contributed by atoms with E-state index in [1.165, 1.54) is 12.1 Å². The number of nitrogens with one attached hydrogen (secondary N) is 1. The van der Waals surface area contributed by atoms with Crippen LogP contribution >= 0.6 is 0 Å². The SMILES string of the molecule is CNCCC=Cc1ccc(S(C)(=O)=O)cc1[N+](=O)[O-]. The van der Waals surface area contributed by atoms with Crippen LogP contribution in [-0.2, 0) is 9.84 Å². The van der Waals surface area contributed by atoms with Gasteiger partial charge in [0.25, 0.3) is 5.69 Å². The van der Waals surface area contributed by atoms with Crippen molar-refractivity contribution in [1.29, 1.82) is 0 Å². The molecule has 0 aliphatic rings. The van der Waals surface area contributed by atoms with Gasteiger partial charge in [-0.2, -0.15) is 0 Å².